The Hall–Kier alpha value is -2.98. The number of para-hydroxylation sites is 2. The highest BCUT2D eigenvalue weighted by Gasteiger charge is 2.13. The zero-order valence-electron chi connectivity index (χ0n) is 11.7. The number of hydrogen-bond acceptors (Lipinski definition) is 4. The standard InChI is InChI=1S/C16H9BrN4O2/c17-12-6-5-10(8-15(12)21(22)23)7-11(9-18)16-19-13-3-1-2-4-14(13)20-16/h1-8H,(H,19,20)/b11-7-. The number of halogens is 1. The lowest BCUT2D eigenvalue weighted by Crippen LogP contribution is -1.90. The maximum atomic E-state index is 11.0. The molecule has 3 rings (SSSR count). The van der Waals surface area contributed by atoms with Crippen LogP contribution in [0.25, 0.3) is 22.7 Å². The van der Waals surface area contributed by atoms with Gasteiger partial charge in [-0.25, -0.2) is 4.98 Å². The number of benzene rings is 2. The third kappa shape index (κ3) is 2.98. The van der Waals surface area contributed by atoms with Crippen LogP contribution in [0.5, 0.6) is 0 Å². The van der Waals surface area contributed by atoms with Gasteiger partial charge in [0.25, 0.3) is 5.69 Å². The Morgan fingerprint density at radius 3 is 2.83 bits per heavy atom. The number of aromatic nitrogens is 2. The van der Waals surface area contributed by atoms with Gasteiger partial charge in [-0.3, -0.25) is 10.1 Å². The van der Waals surface area contributed by atoms with Gasteiger partial charge in [-0.2, -0.15) is 5.26 Å². The summed E-state index contributed by atoms with van der Waals surface area (Å²) in [5.41, 5.74) is 2.38. The minimum atomic E-state index is -0.478. The Labute approximate surface area is 139 Å². The van der Waals surface area contributed by atoms with Crippen molar-refractivity contribution in [3.8, 4) is 6.07 Å². The molecule has 3 aromatic rings. The van der Waals surface area contributed by atoms with E-state index in [-0.39, 0.29) is 5.69 Å². The fourth-order valence-corrected chi connectivity index (χ4v) is 2.55. The van der Waals surface area contributed by atoms with E-state index in [1.54, 1.807) is 18.2 Å². The Morgan fingerprint density at radius 1 is 1.35 bits per heavy atom. The summed E-state index contributed by atoms with van der Waals surface area (Å²) < 4.78 is 0.391. The molecular weight excluding hydrogens is 360 g/mol. The molecule has 0 saturated heterocycles. The van der Waals surface area contributed by atoms with E-state index >= 15 is 0 Å². The van der Waals surface area contributed by atoms with Gasteiger partial charge in [0.1, 0.15) is 11.9 Å². The fraction of sp³-hybridized carbons (Fsp3) is 0. The van der Waals surface area contributed by atoms with Crippen molar-refractivity contribution < 1.29 is 4.92 Å². The van der Waals surface area contributed by atoms with E-state index in [1.807, 2.05) is 24.3 Å². The van der Waals surface area contributed by atoms with Crippen molar-refractivity contribution in [1.82, 2.24) is 9.97 Å². The van der Waals surface area contributed by atoms with E-state index in [4.69, 9.17) is 0 Å². The van der Waals surface area contributed by atoms with E-state index in [9.17, 15) is 15.4 Å². The molecule has 0 radical (unpaired) electrons. The van der Waals surface area contributed by atoms with Gasteiger partial charge < -0.3 is 4.98 Å². The van der Waals surface area contributed by atoms with Gasteiger partial charge in [0.2, 0.25) is 0 Å². The van der Waals surface area contributed by atoms with Crippen LogP contribution < -0.4 is 0 Å². The van der Waals surface area contributed by atoms with Crippen LogP contribution in [0.1, 0.15) is 11.4 Å². The summed E-state index contributed by atoms with van der Waals surface area (Å²) in [4.78, 5) is 17.9. The molecule has 23 heavy (non-hydrogen) atoms. The van der Waals surface area contributed by atoms with Crippen molar-refractivity contribution in [1.29, 1.82) is 5.26 Å². The third-order valence-corrected chi connectivity index (χ3v) is 3.91. The number of hydrogen-bond donors (Lipinski definition) is 1. The molecule has 0 amide bonds. The number of rotatable bonds is 3. The summed E-state index contributed by atoms with van der Waals surface area (Å²) in [7, 11) is 0. The predicted octanol–water partition coefficient (Wildman–Crippen LogP) is 4.30. The molecule has 1 aromatic heterocycles. The van der Waals surface area contributed by atoms with Gasteiger partial charge in [0, 0.05) is 6.07 Å². The zero-order chi connectivity index (χ0) is 16.4. The molecule has 0 saturated carbocycles. The molecule has 1 N–H and O–H groups in total. The van der Waals surface area contributed by atoms with E-state index < -0.39 is 4.92 Å². The van der Waals surface area contributed by atoms with Crippen LogP contribution in [0.3, 0.4) is 0 Å². The van der Waals surface area contributed by atoms with Gasteiger partial charge in [-0.15, -0.1) is 0 Å². The second-order valence-corrected chi connectivity index (χ2v) is 5.59. The number of nitro groups is 1. The van der Waals surface area contributed by atoms with E-state index in [0.717, 1.165) is 11.0 Å². The Bertz CT molecular complexity index is 952. The van der Waals surface area contributed by atoms with Gasteiger partial charge >= 0.3 is 0 Å². The lowest BCUT2D eigenvalue weighted by molar-refractivity contribution is -0.385. The quantitative estimate of drug-likeness (QED) is 0.423. The van der Waals surface area contributed by atoms with E-state index in [0.29, 0.717) is 21.4 Å². The van der Waals surface area contributed by atoms with Crippen molar-refractivity contribution in [2.24, 2.45) is 0 Å². The highest BCUT2D eigenvalue weighted by Crippen LogP contribution is 2.27. The minimum absolute atomic E-state index is 0.0550. The smallest absolute Gasteiger partial charge is 0.284 e. The number of imidazole rings is 1. The lowest BCUT2D eigenvalue weighted by Gasteiger charge is -1.99. The second-order valence-electron chi connectivity index (χ2n) is 4.74. The van der Waals surface area contributed by atoms with Gasteiger partial charge in [-0.1, -0.05) is 18.2 Å². The Balaban J connectivity index is 2.07. The average molecular weight is 369 g/mol. The first-order valence-corrected chi connectivity index (χ1v) is 7.38. The molecular formula is C16H9BrN4O2. The SMILES string of the molecule is N#C/C(=C/c1ccc(Br)c([N+](=O)[O-])c1)c1nc2ccccc2[nH]1. The molecule has 0 atom stereocenters. The highest BCUT2D eigenvalue weighted by atomic mass is 79.9. The van der Waals surface area contributed by atoms with Gasteiger partial charge in [0.05, 0.1) is 26.0 Å². The summed E-state index contributed by atoms with van der Waals surface area (Å²) in [6.45, 7) is 0. The number of nitro benzene ring substituents is 1. The van der Waals surface area contributed by atoms with Crippen LogP contribution in [-0.4, -0.2) is 14.9 Å². The summed E-state index contributed by atoms with van der Waals surface area (Å²) >= 11 is 3.14. The van der Waals surface area contributed by atoms with Crippen LogP contribution in [0.2, 0.25) is 0 Å². The van der Waals surface area contributed by atoms with Crippen LogP contribution in [0.4, 0.5) is 5.69 Å². The summed E-state index contributed by atoms with van der Waals surface area (Å²) in [6.07, 6.45) is 1.57. The summed E-state index contributed by atoms with van der Waals surface area (Å²) in [5.74, 6) is 0.430. The monoisotopic (exact) mass is 368 g/mol. The average Bonchev–Trinajstić information content (AvgIpc) is 2.97. The van der Waals surface area contributed by atoms with Crippen LogP contribution >= 0.6 is 15.9 Å². The second kappa shape index (κ2) is 6.02. The molecule has 7 heteroatoms. The third-order valence-electron chi connectivity index (χ3n) is 3.24. The molecule has 0 fully saturated rings. The summed E-state index contributed by atoms with van der Waals surface area (Å²) in [5, 5.41) is 20.4. The van der Waals surface area contributed by atoms with Gasteiger partial charge in [-0.05, 0) is 45.8 Å². The maximum Gasteiger partial charge on any atom is 0.284 e. The maximum absolute atomic E-state index is 11.0. The number of nitrogens with one attached hydrogen (secondary N) is 1. The number of H-pyrrole nitrogens is 1. The molecule has 6 nitrogen and oxygen atoms in total. The number of aromatic amines is 1. The Kier molecular flexibility index (Phi) is 3.91. The van der Waals surface area contributed by atoms with Crippen LogP contribution in [0.15, 0.2) is 46.9 Å². The molecule has 2 aromatic carbocycles. The molecule has 112 valence electrons. The van der Waals surface area contributed by atoms with Crippen molar-refractivity contribution in [3.05, 3.63) is 68.4 Å². The molecule has 0 unspecified atom stereocenters. The predicted molar refractivity (Wildman–Crippen MR) is 90.4 cm³/mol. The lowest BCUT2D eigenvalue weighted by atomic mass is 10.1. The van der Waals surface area contributed by atoms with Crippen LogP contribution in [0, 0.1) is 21.4 Å². The molecule has 0 spiro atoms. The molecule has 0 bridgehead atoms. The largest absolute Gasteiger partial charge is 0.337 e. The molecule has 0 aliphatic rings. The number of fused-ring (bicyclic) bond motifs is 1. The van der Waals surface area contributed by atoms with Crippen molar-refractivity contribution in [2.45, 2.75) is 0 Å². The number of allylic oxidation sites excluding steroid dienone is 1. The first kappa shape index (κ1) is 14.9. The summed E-state index contributed by atoms with van der Waals surface area (Å²) in [6, 6.07) is 14.2. The van der Waals surface area contributed by atoms with Gasteiger partial charge in [0.15, 0.2) is 0 Å². The fourth-order valence-electron chi connectivity index (χ4n) is 2.16. The van der Waals surface area contributed by atoms with Crippen molar-refractivity contribution in [2.75, 3.05) is 0 Å². The van der Waals surface area contributed by atoms with Crippen molar-refractivity contribution in [3.63, 3.8) is 0 Å². The van der Waals surface area contributed by atoms with E-state index in [1.165, 1.54) is 6.07 Å². The Morgan fingerprint density at radius 2 is 2.13 bits per heavy atom. The number of nitrogens with zero attached hydrogens (tertiary/aromatic N) is 3. The first-order valence-electron chi connectivity index (χ1n) is 6.59. The normalized spacial score (nSPS) is 11.4. The molecule has 0 aliphatic carbocycles. The van der Waals surface area contributed by atoms with Crippen molar-refractivity contribution >= 4 is 44.3 Å². The molecule has 1 heterocycles. The van der Waals surface area contributed by atoms with E-state index in [2.05, 4.69) is 32.0 Å². The topological polar surface area (TPSA) is 95.6 Å². The first-order chi connectivity index (χ1) is 11.1. The van der Waals surface area contributed by atoms with Crippen LogP contribution in [-0.2, 0) is 0 Å². The molecule has 0 aliphatic heterocycles. The highest BCUT2D eigenvalue weighted by molar-refractivity contribution is 9.10. The number of nitriles is 1. The minimum Gasteiger partial charge on any atom is -0.337 e. The zero-order valence-corrected chi connectivity index (χ0v) is 13.2.